The van der Waals surface area contributed by atoms with Gasteiger partial charge in [0, 0.05) is 17.7 Å². The van der Waals surface area contributed by atoms with E-state index in [1.54, 1.807) is 7.11 Å². The standard InChI is InChI=1S/C19H22N2O4/c1-13(2)12-18(14-6-10-17(25-3)11-7-14)20-19(22)15-4-8-16(9-5-15)21(23)24/h4-11,13,18H,12H2,1-3H3,(H,20,22)/t18-/m0/s1. The Morgan fingerprint density at radius 1 is 1.12 bits per heavy atom. The van der Waals surface area contributed by atoms with Crippen LogP contribution >= 0.6 is 0 Å². The summed E-state index contributed by atoms with van der Waals surface area (Å²) in [4.78, 5) is 22.7. The van der Waals surface area contributed by atoms with Crippen LogP contribution < -0.4 is 10.1 Å². The number of hydrogen-bond acceptors (Lipinski definition) is 4. The molecule has 0 fully saturated rings. The van der Waals surface area contributed by atoms with Crippen LogP contribution in [-0.2, 0) is 0 Å². The summed E-state index contributed by atoms with van der Waals surface area (Å²) in [7, 11) is 1.61. The molecule has 0 unspecified atom stereocenters. The van der Waals surface area contributed by atoms with Gasteiger partial charge in [0.2, 0.25) is 0 Å². The molecule has 1 atom stereocenters. The largest absolute Gasteiger partial charge is 0.497 e. The number of non-ortho nitro benzene ring substituents is 1. The average Bonchev–Trinajstić information content (AvgIpc) is 2.61. The zero-order valence-corrected chi connectivity index (χ0v) is 14.6. The van der Waals surface area contributed by atoms with Crippen molar-refractivity contribution in [2.24, 2.45) is 5.92 Å². The molecule has 2 rings (SSSR count). The first-order valence-electron chi connectivity index (χ1n) is 8.10. The van der Waals surface area contributed by atoms with Crippen molar-refractivity contribution < 1.29 is 14.5 Å². The highest BCUT2D eigenvalue weighted by molar-refractivity contribution is 5.94. The van der Waals surface area contributed by atoms with Gasteiger partial charge in [0.15, 0.2) is 0 Å². The van der Waals surface area contributed by atoms with Crippen LogP contribution in [0.5, 0.6) is 5.75 Å². The minimum atomic E-state index is -0.486. The summed E-state index contributed by atoms with van der Waals surface area (Å²) in [5.41, 5.74) is 1.35. The minimum absolute atomic E-state index is 0.0366. The molecule has 0 aliphatic rings. The molecule has 2 aromatic rings. The van der Waals surface area contributed by atoms with Gasteiger partial charge in [-0.05, 0) is 42.2 Å². The van der Waals surface area contributed by atoms with Crippen LogP contribution in [0.2, 0.25) is 0 Å². The van der Waals surface area contributed by atoms with Gasteiger partial charge >= 0.3 is 0 Å². The summed E-state index contributed by atoms with van der Waals surface area (Å²) in [6, 6.07) is 13.0. The topological polar surface area (TPSA) is 81.5 Å². The zero-order valence-electron chi connectivity index (χ0n) is 14.6. The number of nitro benzene ring substituents is 1. The first kappa shape index (κ1) is 18.4. The number of nitro groups is 1. The van der Waals surface area contributed by atoms with E-state index in [-0.39, 0.29) is 17.6 Å². The second-order valence-corrected chi connectivity index (χ2v) is 6.23. The number of benzene rings is 2. The molecule has 1 amide bonds. The summed E-state index contributed by atoms with van der Waals surface area (Å²) in [6.07, 6.45) is 0.783. The Hall–Kier alpha value is -2.89. The van der Waals surface area contributed by atoms with E-state index in [0.29, 0.717) is 11.5 Å². The third-order valence-corrected chi connectivity index (χ3v) is 3.87. The third kappa shape index (κ3) is 5.04. The van der Waals surface area contributed by atoms with E-state index >= 15 is 0 Å². The molecule has 25 heavy (non-hydrogen) atoms. The van der Waals surface area contributed by atoms with Crippen LogP contribution in [0.1, 0.15) is 42.2 Å². The van der Waals surface area contributed by atoms with Crippen molar-refractivity contribution in [3.05, 3.63) is 69.8 Å². The monoisotopic (exact) mass is 342 g/mol. The molecule has 0 aliphatic heterocycles. The molecule has 0 heterocycles. The van der Waals surface area contributed by atoms with Crippen molar-refractivity contribution >= 4 is 11.6 Å². The quantitative estimate of drug-likeness (QED) is 0.606. The molecule has 0 aromatic heterocycles. The van der Waals surface area contributed by atoms with E-state index in [1.165, 1.54) is 24.3 Å². The molecule has 6 heteroatoms. The van der Waals surface area contributed by atoms with Gasteiger partial charge in [-0.2, -0.15) is 0 Å². The summed E-state index contributed by atoms with van der Waals surface area (Å²) in [5.74, 6) is 0.898. The van der Waals surface area contributed by atoms with E-state index < -0.39 is 4.92 Å². The third-order valence-electron chi connectivity index (χ3n) is 3.87. The van der Waals surface area contributed by atoms with Crippen LogP contribution in [-0.4, -0.2) is 17.9 Å². The lowest BCUT2D eigenvalue weighted by atomic mass is 9.96. The molecule has 6 nitrogen and oxygen atoms in total. The first-order valence-corrected chi connectivity index (χ1v) is 8.10. The maximum atomic E-state index is 12.5. The van der Waals surface area contributed by atoms with Gasteiger partial charge in [0.25, 0.3) is 11.6 Å². The highest BCUT2D eigenvalue weighted by atomic mass is 16.6. The van der Waals surface area contributed by atoms with Gasteiger partial charge in [-0.3, -0.25) is 14.9 Å². The molecular formula is C19H22N2O4. The SMILES string of the molecule is COc1ccc([C@H](CC(C)C)NC(=O)c2ccc([N+](=O)[O-])cc2)cc1. The summed E-state index contributed by atoms with van der Waals surface area (Å²) < 4.78 is 5.17. The van der Waals surface area contributed by atoms with Crippen LogP contribution in [0.3, 0.4) is 0 Å². The number of carbonyl (C=O) groups is 1. The fraction of sp³-hybridized carbons (Fsp3) is 0.316. The number of nitrogens with zero attached hydrogens (tertiary/aromatic N) is 1. The normalized spacial score (nSPS) is 11.8. The van der Waals surface area contributed by atoms with Crippen LogP contribution in [0.25, 0.3) is 0 Å². The second-order valence-electron chi connectivity index (χ2n) is 6.23. The van der Waals surface area contributed by atoms with Gasteiger partial charge in [0.1, 0.15) is 5.75 Å². The van der Waals surface area contributed by atoms with E-state index in [0.717, 1.165) is 17.7 Å². The summed E-state index contributed by atoms with van der Waals surface area (Å²) >= 11 is 0. The lowest BCUT2D eigenvalue weighted by Crippen LogP contribution is -2.29. The summed E-state index contributed by atoms with van der Waals surface area (Å²) in [6.45, 7) is 4.18. The maximum absolute atomic E-state index is 12.5. The first-order chi connectivity index (χ1) is 11.9. The van der Waals surface area contributed by atoms with Crippen molar-refractivity contribution in [1.82, 2.24) is 5.32 Å². The zero-order chi connectivity index (χ0) is 18.4. The van der Waals surface area contributed by atoms with E-state index in [1.807, 2.05) is 24.3 Å². The van der Waals surface area contributed by atoms with Gasteiger partial charge in [-0.1, -0.05) is 26.0 Å². The Morgan fingerprint density at radius 2 is 1.72 bits per heavy atom. The van der Waals surface area contributed by atoms with Crippen molar-refractivity contribution in [1.29, 1.82) is 0 Å². The predicted molar refractivity (Wildman–Crippen MR) is 95.8 cm³/mol. The van der Waals surface area contributed by atoms with Crippen molar-refractivity contribution in [2.75, 3.05) is 7.11 Å². The molecule has 0 bridgehead atoms. The number of hydrogen-bond donors (Lipinski definition) is 1. The van der Waals surface area contributed by atoms with Gasteiger partial charge < -0.3 is 10.1 Å². The molecule has 0 saturated heterocycles. The molecule has 0 saturated carbocycles. The minimum Gasteiger partial charge on any atom is -0.497 e. The Kier molecular flexibility index (Phi) is 6.11. The number of methoxy groups -OCH3 is 1. The lowest BCUT2D eigenvalue weighted by Gasteiger charge is -2.21. The lowest BCUT2D eigenvalue weighted by molar-refractivity contribution is -0.384. The smallest absolute Gasteiger partial charge is 0.269 e. The Bertz CT molecular complexity index is 724. The molecule has 0 aliphatic carbocycles. The van der Waals surface area contributed by atoms with Crippen LogP contribution in [0, 0.1) is 16.0 Å². The van der Waals surface area contributed by atoms with Gasteiger partial charge in [-0.15, -0.1) is 0 Å². The maximum Gasteiger partial charge on any atom is 0.269 e. The fourth-order valence-corrected chi connectivity index (χ4v) is 2.56. The van der Waals surface area contributed by atoms with Crippen molar-refractivity contribution in [3.63, 3.8) is 0 Å². The molecule has 0 spiro atoms. The number of amides is 1. The molecule has 2 aromatic carbocycles. The second kappa shape index (κ2) is 8.28. The molecular weight excluding hydrogens is 320 g/mol. The van der Waals surface area contributed by atoms with Gasteiger partial charge in [0.05, 0.1) is 18.1 Å². The van der Waals surface area contributed by atoms with E-state index in [2.05, 4.69) is 19.2 Å². The summed E-state index contributed by atoms with van der Waals surface area (Å²) in [5, 5.41) is 13.7. The molecule has 132 valence electrons. The molecule has 0 radical (unpaired) electrons. The number of nitrogens with one attached hydrogen (secondary N) is 1. The van der Waals surface area contributed by atoms with Crippen LogP contribution in [0.15, 0.2) is 48.5 Å². The van der Waals surface area contributed by atoms with E-state index in [9.17, 15) is 14.9 Å². The highest BCUT2D eigenvalue weighted by Crippen LogP contribution is 2.24. The number of ether oxygens (including phenoxy) is 1. The predicted octanol–water partition coefficient (Wildman–Crippen LogP) is 4.12. The number of rotatable bonds is 7. The van der Waals surface area contributed by atoms with Crippen molar-refractivity contribution in [3.8, 4) is 5.75 Å². The van der Waals surface area contributed by atoms with E-state index in [4.69, 9.17) is 4.74 Å². The fourth-order valence-electron chi connectivity index (χ4n) is 2.56. The average molecular weight is 342 g/mol. The van der Waals surface area contributed by atoms with Gasteiger partial charge in [-0.25, -0.2) is 0 Å². The van der Waals surface area contributed by atoms with Crippen LogP contribution in [0.4, 0.5) is 5.69 Å². The van der Waals surface area contributed by atoms with Crippen molar-refractivity contribution in [2.45, 2.75) is 26.3 Å². The number of carbonyl (C=O) groups excluding carboxylic acids is 1. The Morgan fingerprint density at radius 3 is 2.20 bits per heavy atom. The Labute approximate surface area is 147 Å². The molecule has 1 N–H and O–H groups in total. The highest BCUT2D eigenvalue weighted by Gasteiger charge is 2.18. The Balaban J connectivity index is 2.17.